The van der Waals surface area contributed by atoms with Gasteiger partial charge in [-0.2, -0.15) is 0 Å². The van der Waals surface area contributed by atoms with Crippen molar-refractivity contribution >= 4 is 0 Å². The number of unbranched alkanes of at least 4 members (excludes halogenated alkanes) is 2. The first kappa shape index (κ1) is 15.6. The maximum Gasteiger partial charge on any atom is 0.119 e. The van der Waals surface area contributed by atoms with Gasteiger partial charge in [0.05, 0.1) is 12.3 Å². The van der Waals surface area contributed by atoms with Gasteiger partial charge in [-0.3, -0.25) is 4.98 Å². The van der Waals surface area contributed by atoms with Crippen molar-refractivity contribution in [2.24, 2.45) is 0 Å². The Morgan fingerprint density at radius 3 is 2.29 bits per heavy atom. The largest absolute Gasteiger partial charge is 0.494 e. The maximum absolute atomic E-state index is 5.68. The molecule has 0 bridgehead atoms. The SMILES string of the molecule is CCCCOc1ccc(-c2ccc(CCCC)cn2)cc1. The minimum Gasteiger partial charge on any atom is -0.494 e. The second-order valence-electron chi connectivity index (χ2n) is 5.38. The lowest BCUT2D eigenvalue weighted by atomic mass is 10.1. The Balaban J connectivity index is 1.97. The van der Waals surface area contributed by atoms with E-state index in [1.165, 1.54) is 18.4 Å². The van der Waals surface area contributed by atoms with Crippen LogP contribution in [0.15, 0.2) is 42.6 Å². The second-order valence-corrected chi connectivity index (χ2v) is 5.38. The topological polar surface area (TPSA) is 22.1 Å². The van der Waals surface area contributed by atoms with Crippen LogP contribution in [0.2, 0.25) is 0 Å². The first-order chi connectivity index (χ1) is 10.3. The average molecular weight is 283 g/mol. The third-order valence-corrected chi connectivity index (χ3v) is 3.56. The molecule has 0 spiro atoms. The third kappa shape index (κ3) is 4.89. The molecule has 2 aromatic rings. The van der Waals surface area contributed by atoms with Crippen molar-refractivity contribution < 1.29 is 4.74 Å². The molecular formula is C19H25NO. The molecule has 0 unspecified atom stereocenters. The zero-order valence-corrected chi connectivity index (χ0v) is 13.1. The van der Waals surface area contributed by atoms with Crippen LogP contribution in [0.3, 0.4) is 0 Å². The molecule has 0 fully saturated rings. The zero-order chi connectivity index (χ0) is 14.9. The average Bonchev–Trinajstić information content (AvgIpc) is 2.54. The summed E-state index contributed by atoms with van der Waals surface area (Å²) in [5.74, 6) is 0.937. The number of aromatic nitrogens is 1. The Kier molecular flexibility index (Phi) is 6.26. The number of aryl methyl sites for hydroxylation is 1. The summed E-state index contributed by atoms with van der Waals surface area (Å²) < 4.78 is 5.68. The van der Waals surface area contributed by atoms with Crippen LogP contribution in [0, 0.1) is 0 Å². The molecule has 1 heterocycles. The molecule has 112 valence electrons. The predicted molar refractivity (Wildman–Crippen MR) is 88.7 cm³/mol. The number of pyridine rings is 1. The van der Waals surface area contributed by atoms with Crippen LogP contribution in [0.1, 0.15) is 45.1 Å². The molecule has 0 atom stereocenters. The quantitative estimate of drug-likeness (QED) is 0.616. The molecule has 2 nitrogen and oxygen atoms in total. The number of hydrogen-bond donors (Lipinski definition) is 0. The molecule has 2 rings (SSSR count). The molecule has 0 saturated carbocycles. The zero-order valence-electron chi connectivity index (χ0n) is 13.1. The number of rotatable bonds is 8. The Bertz CT molecular complexity index is 516. The van der Waals surface area contributed by atoms with E-state index in [4.69, 9.17) is 4.74 Å². The molecule has 0 radical (unpaired) electrons. The van der Waals surface area contributed by atoms with Gasteiger partial charge in [0, 0.05) is 11.8 Å². The normalized spacial score (nSPS) is 10.6. The molecule has 0 aliphatic heterocycles. The van der Waals surface area contributed by atoms with Crippen LogP contribution in [0.25, 0.3) is 11.3 Å². The smallest absolute Gasteiger partial charge is 0.119 e. The highest BCUT2D eigenvalue weighted by molar-refractivity contribution is 5.60. The fourth-order valence-corrected chi connectivity index (χ4v) is 2.18. The van der Waals surface area contributed by atoms with Crippen LogP contribution in [0.5, 0.6) is 5.75 Å². The van der Waals surface area contributed by atoms with Crippen molar-refractivity contribution in [3.8, 4) is 17.0 Å². The predicted octanol–water partition coefficient (Wildman–Crippen LogP) is 5.27. The van der Waals surface area contributed by atoms with Gasteiger partial charge in [0.1, 0.15) is 5.75 Å². The summed E-state index contributed by atoms with van der Waals surface area (Å²) in [7, 11) is 0. The van der Waals surface area contributed by atoms with Crippen molar-refractivity contribution in [2.75, 3.05) is 6.61 Å². The van der Waals surface area contributed by atoms with Crippen molar-refractivity contribution in [1.29, 1.82) is 0 Å². The first-order valence-corrected chi connectivity index (χ1v) is 8.01. The van der Waals surface area contributed by atoms with Gasteiger partial charge < -0.3 is 4.74 Å². The number of benzene rings is 1. The van der Waals surface area contributed by atoms with Gasteiger partial charge in [0.25, 0.3) is 0 Å². The number of ether oxygens (including phenoxy) is 1. The Hall–Kier alpha value is -1.83. The molecule has 0 amide bonds. The molecule has 0 aliphatic carbocycles. The summed E-state index contributed by atoms with van der Waals surface area (Å²) in [6.45, 7) is 5.18. The van der Waals surface area contributed by atoms with Gasteiger partial charge >= 0.3 is 0 Å². The highest BCUT2D eigenvalue weighted by Crippen LogP contribution is 2.21. The standard InChI is InChI=1S/C19H25NO/c1-3-5-7-16-8-13-19(20-15-16)17-9-11-18(12-10-17)21-14-6-4-2/h8-13,15H,3-7,14H2,1-2H3. The molecule has 0 aliphatic rings. The van der Waals surface area contributed by atoms with Crippen LogP contribution in [0.4, 0.5) is 0 Å². The molecule has 21 heavy (non-hydrogen) atoms. The fraction of sp³-hybridized carbons (Fsp3) is 0.421. The van der Waals surface area contributed by atoms with E-state index in [2.05, 4.69) is 43.1 Å². The molecule has 0 N–H and O–H groups in total. The van der Waals surface area contributed by atoms with Gasteiger partial charge in [0.2, 0.25) is 0 Å². The van der Waals surface area contributed by atoms with Gasteiger partial charge in [-0.05, 0) is 55.2 Å². The molecule has 1 aromatic heterocycles. The van der Waals surface area contributed by atoms with E-state index in [1.807, 2.05) is 18.3 Å². The lowest BCUT2D eigenvalue weighted by Crippen LogP contribution is -1.96. The van der Waals surface area contributed by atoms with Crippen molar-refractivity contribution in [3.63, 3.8) is 0 Å². The summed E-state index contributed by atoms with van der Waals surface area (Å²) in [5.41, 5.74) is 3.48. The Morgan fingerprint density at radius 2 is 1.67 bits per heavy atom. The highest BCUT2D eigenvalue weighted by atomic mass is 16.5. The summed E-state index contributed by atoms with van der Waals surface area (Å²) >= 11 is 0. The van der Waals surface area contributed by atoms with E-state index >= 15 is 0 Å². The second kappa shape index (κ2) is 8.46. The Labute approximate surface area is 128 Å². The van der Waals surface area contributed by atoms with E-state index in [0.717, 1.165) is 42.9 Å². The summed E-state index contributed by atoms with van der Waals surface area (Å²) in [4.78, 5) is 4.57. The number of hydrogen-bond acceptors (Lipinski definition) is 2. The Morgan fingerprint density at radius 1 is 0.905 bits per heavy atom. The monoisotopic (exact) mass is 283 g/mol. The molecule has 0 saturated heterocycles. The third-order valence-electron chi connectivity index (χ3n) is 3.56. The highest BCUT2D eigenvalue weighted by Gasteiger charge is 2.01. The van der Waals surface area contributed by atoms with E-state index in [0.29, 0.717) is 0 Å². The van der Waals surface area contributed by atoms with Crippen molar-refractivity contribution in [2.45, 2.75) is 46.0 Å². The van der Waals surface area contributed by atoms with Gasteiger partial charge in [-0.1, -0.05) is 32.8 Å². The van der Waals surface area contributed by atoms with E-state index in [1.54, 1.807) is 0 Å². The van der Waals surface area contributed by atoms with E-state index in [-0.39, 0.29) is 0 Å². The van der Waals surface area contributed by atoms with Crippen LogP contribution >= 0.6 is 0 Å². The lowest BCUT2D eigenvalue weighted by molar-refractivity contribution is 0.309. The maximum atomic E-state index is 5.68. The van der Waals surface area contributed by atoms with Gasteiger partial charge in [-0.25, -0.2) is 0 Å². The van der Waals surface area contributed by atoms with Crippen LogP contribution in [-0.2, 0) is 6.42 Å². The van der Waals surface area contributed by atoms with Crippen molar-refractivity contribution in [3.05, 3.63) is 48.2 Å². The molecular weight excluding hydrogens is 258 g/mol. The van der Waals surface area contributed by atoms with E-state index in [9.17, 15) is 0 Å². The minimum absolute atomic E-state index is 0.792. The van der Waals surface area contributed by atoms with Crippen LogP contribution in [-0.4, -0.2) is 11.6 Å². The van der Waals surface area contributed by atoms with Crippen molar-refractivity contribution in [1.82, 2.24) is 4.98 Å². The first-order valence-electron chi connectivity index (χ1n) is 8.01. The van der Waals surface area contributed by atoms with Crippen LogP contribution < -0.4 is 4.74 Å². The van der Waals surface area contributed by atoms with Gasteiger partial charge in [-0.15, -0.1) is 0 Å². The number of nitrogens with zero attached hydrogens (tertiary/aromatic N) is 1. The summed E-state index contributed by atoms with van der Waals surface area (Å²) in [6, 6.07) is 12.5. The van der Waals surface area contributed by atoms with Gasteiger partial charge in [0.15, 0.2) is 0 Å². The summed E-state index contributed by atoms with van der Waals surface area (Å²) in [6.07, 6.45) is 7.83. The minimum atomic E-state index is 0.792. The lowest BCUT2D eigenvalue weighted by Gasteiger charge is -2.07. The van der Waals surface area contributed by atoms with E-state index < -0.39 is 0 Å². The molecule has 2 heteroatoms. The summed E-state index contributed by atoms with van der Waals surface area (Å²) in [5, 5.41) is 0. The molecule has 1 aromatic carbocycles. The fourth-order valence-electron chi connectivity index (χ4n) is 2.18.